The molecule has 0 unspecified atom stereocenters. The number of anilines is 1. The normalized spacial score (nSPS) is 10.8. The Hall–Kier alpha value is -3.30. The Morgan fingerprint density at radius 3 is 2.58 bits per heavy atom. The van der Waals surface area contributed by atoms with E-state index in [1.165, 1.54) is 10.9 Å². The second-order valence-electron chi connectivity index (χ2n) is 7.34. The number of carbonyl (C=O) groups is 2. The predicted octanol–water partition coefficient (Wildman–Crippen LogP) is 4.57. The first kappa shape index (κ1) is 22.9. The summed E-state index contributed by atoms with van der Waals surface area (Å²) >= 11 is 4.46. The van der Waals surface area contributed by atoms with Gasteiger partial charge in [0.15, 0.2) is 0 Å². The second-order valence-corrected chi connectivity index (χ2v) is 9.26. The highest BCUT2D eigenvalue weighted by Crippen LogP contribution is 2.27. The smallest absolute Gasteiger partial charge is 0.348 e. The number of nitrogens with one attached hydrogen (secondary N) is 1. The van der Waals surface area contributed by atoms with E-state index in [0.29, 0.717) is 32.8 Å². The van der Waals surface area contributed by atoms with Crippen molar-refractivity contribution >= 4 is 55.0 Å². The Labute approximate surface area is 202 Å². The number of esters is 1. The van der Waals surface area contributed by atoms with Crippen LogP contribution in [0, 0.1) is 6.92 Å². The molecule has 168 valence electrons. The summed E-state index contributed by atoms with van der Waals surface area (Å²) in [5, 5.41) is 3.08. The van der Waals surface area contributed by atoms with Crippen LogP contribution in [0.3, 0.4) is 0 Å². The zero-order chi connectivity index (χ0) is 23.4. The van der Waals surface area contributed by atoms with Gasteiger partial charge in [0.1, 0.15) is 16.3 Å². The van der Waals surface area contributed by atoms with E-state index in [9.17, 15) is 14.4 Å². The number of aromatic nitrogens is 2. The molecule has 2 aromatic carbocycles. The predicted molar refractivity (Wildman–Crippen MR) is 132 cm³/mol. The van der Waals surface area contributed by atoms with E-state index in [0.717, 1.165) is 21.4 Å². The molecule has 0 aliphatic carbocycles. The summed E-state index contributed by atoms with van der Waals surface area (Å²) in [6.07, 6.45) is 1.93. The molecule has 0 bridgehead atoms. The third-order valence-corrected chi connectivity index (χ3v) is 6.72. The van der Waals surface area contributed by atoms with Crippen LogP contribution in [-0.2, 0) is 22.5 Å². The quantitative estimate of drug-likeness (QED) is 0.357. The molecule has 1 amide bonds. The minimum absolute atomic E-state index is 0.190. The molecule has 4 rings (SSSR count). The lowest BCUT2D eigenvalue weighted by Crippen LogP contribution is -2.27. The molecular formula is C24H20BrN3O4S. The number of nitrogens with zero attached hydrogens (tertiary/aromatic N) is 2. The number of hydrogen-bond acceptors (Lipinski definition) is 6. The van der Waals surface area contributed by atoms with Crippen molar-refractivity contribution in [1.82, 2.24) is 9.55 Å². The zero-order valence-corrected chi connectivity index (χ0v) is 20.1. The van der Waals surface area contributed by atoms with Crippen LogP contribution in [0.5, 0.6) is 0 Å². The maximum atomic E-state index is 13.0. The van der Waals surface area contributed by atoms with Gasteiger partial charge in [-0.15, -0.1) is 11.3 Å². The third kappa shape index (κ3) is 5.37. The summed E-state index contributed by atoms with van der Waals surface area (Å²) < 4.78 is 7.55. The molecule has 4 aromatic rings. The molecular weight excluding hydrogens is 506 g/mol. The fourth-order valence-electron chi connectivity index (χ4n) is 3.33. The van der Waals surface area contributed by atoms with E-state index in [2.05, 4.69) is 26.2 Å². The van der Waals surface area contributed by atoms with Gasteiger partial charge < -0.3 is 10.1 Å². The van der Waals surface area contributed by atoms with Gasteiger partial charge in [-0.05, 0) is 42.3 Å². The fourth-order valence-corrected chi connectivity index (χ4v) is 4.62. The van der Waals surface area contributed by atoms with Crippen LogP contribution in [0.1, 0.15) is 20.8 Å². The minimum atomic E-state index is -0.481. The van der Waals surface area contributed by atoms with E-state index in [-0.39, 0.29) is 24.6 Å². The van der Waals surface area contributed by atoms with E-state index in [1.807, 2.05) is 42.5 Å². The molecule has 0 saturated carbocycles. The van der Waals surface area contributed by atoms with Gasteiger partial charge in [-0.3, -0.25) is 14.2 Å². The number of rotatable bonds is 7. The molecule has 9 heteroatoms. The molecule has 1 N–H and O–H groups in total. The van der Waals surface area contributed by atoms with Crippen molar-refractivity contribution in [1.29, 1.82) is 0 Å². The van der Waals surface area contributed by atoms with E-state index in [1.54, 1.807) is 19.1 Å². The van der Waals surface area contributed by atoms with Crippen LogP contribution >= 0.6 is 27.3 Å². The van der Waals surface area contributed by atoms with Gasteiger partial charge in [0.2, 0.25) is 5.91 Å². The highest BCUT2D eigenvalue weighted by Gasteiger charge is 2.21. The highest BCUT2D eigenvalue weighted by molar-refractivity contribution is 9.10. The molecule has 2 aromatic heterocycles. The van der Waals surface area contributed by atoms with E-state index >= 15 is 0 Å². The number of hydrogen-bond donors (Lipinski definition) is 1. The van der Waals surface area contributed by atoms with Gasteiger partial charge in [0.05, 0.1) is 18.3 Å². The van der Waals surface area contributed by atoms with Crippen molar-refractivity contribution in [3.05, 3.63) is 91.8 Å². The third-order valence-electron chi connectivity index (χ3n) is 5.01. The maximum absolute atomic E-state index is 13.0. The maximum Gasteiger partial charge on any atom is 0.348 e. The molecule has 7 nitrogen and oxygen atoms in total. The van der Waals surface area contributed by atoms with Gasteiger partial charge in [-0.25, -0.2) is 9.78 Å². The van der Waals surface area contributed by atoms with Crippen LogP contribution in [0.25, 0.3) is 10.2 Å². The summed E-state index contributed by atoms with van der Waals surface area (Å²) in [4.78, 5) is 43.1. The van der Waals surface area contributed by atoms with Crippen LogP contribution in [-0.4, -0.2) is 28.0 Å². The van der Waals surface area contributed by atoms with Crippen LogP contribution in [0.15, 0.2) is 70.2 Å². The van der Waals surface area contributed by atoms with E-state index < -0.39 is 5.97 Å². The van der Waals surface area contributed by atoms with Gasteiger partial charge >= 0.3 is 5.97 Å². The Bertz CT molecular complexity index is 1360. The topological polar surface area (TPSA) is 90.3 Å². The van der Waals surface area contributed by atoms with E-state index in [4.69, 9.17) is 4.74 Å². The number of aryl methyl sites for hydroxylation is 1. The average Bonchev–Trinajstić information content (AvgIpc) is 3.15. The monoisotopic (exact) mass is 525 g/mol. The Balaban J connectivity index is 1.47. The number of fused-ring (bicyclic) bond motifs is 1. The number of ether oxygens (including phenoxy) is 1. The van der Waals surface area contributed by atoms with Gasteiger partial charge in [-0.2, -0.15) is 0 Å². The van der Waals surface area contributed by atoms with Gasteiger partial charge in [0, 0.05) is 16.6 Å². The van der Waals surface area contributed by atoms with Crippen molar-refractivity contribution < 1.29 is 14.3 Å². The number of carbonyl (C=O) groups excluding carboxylic acids is 2. The van der Waals surface area contributed by atoms with Gasteiger partial charge in [0.25, 0.3) is 5.56 Å². The lowest BCUT2D eigenvalue weighted by atomic mass is 10.2. The summed E-state index contributed by atoms with van der Waals surface area (Å²) in [5.41, 5.74) is 1.84. The second kappa shape index (κ2) is 10.1. The summed E-state index contributed by atoms with van der Waals surface area (Å²) in [6.45, 7) is 1.75. The standard InChI is InChI=1S/C24H20BrN3O4S/c1-15-20-22(33-21(15)24(31)32-12-11-16-5-3-2-4-6-16)26-14-28(23(20)30)13-19(29)27-18-9-7-17(25)8-10-18/h2-10,14H,11-13H2,1H3,(H,27,29). The Morgan fingerprint density at radius 1 is 1.12 bits per heavy atom. The summed E-state index contributed by atoms with van der Waals surface area (Å²) in [5.74, 6) is -0.834. The molecule has 0 saturated heterocycles. The van der Waals surface area contributed by atoms with Crippen LogP contribution in [0.2, 0.25) is 0 Å². The van der Waals surface area contributed by atoms with Crippen molar-refractivity contribution in [2.45, 2.75) is 19.9 Å². The SMILES string of the molecule is Cc1c(C(=O)OCCc2ccccc2)sc2ncn(CC(=O)Nc3ccc(Br)cc3)c(=O)c12. The lowest BCUT2D eigenvalue weighted by Gasteiger charge is -2.07. The molecule has 0 radical (unpaired) electrons. The first-order valence-electron chi connectivity index (χ1n) is 10.2. The fraction of sp³-hybridized carbons (Fsp3) is 0.167. The number of thiophene rings is 1. The average molecular weight is 526 g/mol. The number of halogens is 1. The largest absolute Gasteiger partial charge is 0.461 e. The Morgan fingerprint density at radius 2 is 1.85 bits per heavy atom. The number of benzene rings is 2. The minimum Gasteiger partial charge on any atom is -0.461 e. The molecule has 0 atom stereocenters. The van der Waals surface area contributed by atoms with Crippen LogP contribution in [0.4, 0.5) is 5.69 Å². The first-order chi connectivity index (χ1) is 15.9. The lowest BCUT2D eigenvalue weighted by molar-refractivity contribution is -0.116. The van der Waals surface area contributed by atoms with Crippen molar-refractivity contribution in [2.75, 3.05) is 11.9 Å². The van der Waals surface area contributed by atoms with Crippen molar-refractivity contribution in [3.8, 4) is 0 Å². The summed E-state index contributed by atoms with van der Waals surface area (Å²) in [6, 6.07) is 16.9. The summed E-state index contributed by atoms with van der Waals surface area (Å²) in [7, 11) is 0. The molecule has 0 fully saturated rings. The highest BCUT2D eigenvalue weighted by atomic mass is 79.9. The molecule has 0 spiro atoms. The molecule has 0 aliphatic rings. The molecule has 0 aliphatic heterocycles. The van der Waals surface area contributed by atoms with Crippen molar-refractivity contribution in [3.63, 3.8) is 0 Å². The van der Waals surface area contributed by atoms with Crippen molar-refractivity contribution in [2.24, 2.45) is 0 Å². The number of amides is 1. The molecule has 2 heterocycles. The first-order valence-corrected chi connectivity index (χ1v) is 11.8. The van der Waals surface area contributed by atoms with Gasteiger partial charge in [-0.1, -0.05) is 46.3 Å². The molecule has 33 heavy (non-hydrogen) atoms. The van der Waals surface area contributed by atoms with Crippen LogP contribution < -0.4 is 10.9 Å². The zero-order valence-electron chi connectivity index (χ0n) is 17.7. The Kier molecular flexibility index (Phi) is 7.00.